The lowest BCUT2D eigenvalue weighted by Gasteiger charge is -2.39. The molecule has 1 rings (SSSR count). The van der Waals surface area contributed by atoms with E-state index in [4.69, 9.17) is 4.74 Å². The first-order valence-corrected chi connectivity index (χ1v) is 4.73. The molecule has 1 saturated heterocycles. The van der Waals surface area contributed by atoms with Crippen LogP contribution in [-0.4, -0.2) is 23.4 Å². The van der Waals surface area contributed by atoms with Crippen LogP contribution in [0.3, 0.4) is 0 Å². The molecule has 0 aromatic rings. The van der Waals surface area contributed by atoms with E-state index in [1.54, 1.807) is 0 Å². The minimum absolute atomic E-state index is 0.0479. The van der Waals surface area contributed by atoms with Gasteiger partial charge in [0.25, 0.3) is 0 Å². The van der Waals surface area contributed by atoms with E-state index in [0.717, 1.165) is 19.4 Å². The second-order valence-corrected chi connectivity index (χ2v) is 4.79. The van der Waals surface area contributed by atoms with Gasteiger partial charge in [0.1, 0.15) is 0 Å². The number of hydrogen-bond donors (Lipinski definition) is 1. The van der Waals surface area contributed by atoms with Gasteiger partial charge in [0.15, 0.2) is 0 Å². The van der Waals surface area contributed by atoms with Crippen molar-refractivity contribution >= 4 is 0 Å². The van der Waals surface area contributed by atoms with Crippen LogP contribution in [0, 0.1) is 5.41 Å². The first-order valence-electron chi connectivity index (χ1n) is 4.73. The van der Waals surface area contributed by atoms with Crippen LogP contribution in [0.4, 0.5) is 0 Å². The zero-order valence-electron chi connectivity index (χ0n) is 8.55. The molecule has 2 atom stereocenters. The van der Waals surface area contributed by atoms with Crippen molar-refractivity contribution in [1.29, 1.82) is 0 Å². The summed E-state index contributed by atoms with van der Waals surface area (Å²) in [6.07, 6.45) is 1.90. The van der Waals surface area contributed by atoms with Gasteiger partial charge in [-0.15, -0.1) is 0 Å². The molecule has 1 heterocycles. The van der Waals surface area contributed by atoms with Crippen LogP contribution in [0.2, 0.25) is 0 Å². The van der Waals surface area contributed by atoms with Gasteiger partial charge >= 0.3 is 0 Å². The standard InChI is InChI=1S/C10H20O2/c1-5-10(11,9(2,3)4)6-8-7-12-8/h8,11H,5-7H2,1-4H3/t8-,10-/m0/s1. The smallest absolute Gasteiger partial charge is 0.0837 e. The molecule has 0 unspecified atom stereocenters. The third-order valence-electron chi connectivity index (χ3n) is 2.95. The summed E-state index contributed by atoms with van der Waals surface area (Å²) in [6, 6.07) is 0. The minimum Gasteiger partial charge on any atom is -0.389 e. The van der Waals surface area contributed by atoms with Crippen molar-refractivity contribution in [2.24, 2.45) is 5.41 Å². The van der Waals surface area contributed by atoms with Crippen LogP contribution < -0.4 is 0 Å². The van der Waals surface area contributed by atoms with Crippen molar-refractivity contribution in [3.8, 4) is 0 Å². The Morgan fingerprint density at radius 1 is 1.42 bits per heavy atom. The zero-order chi connectivity index (χ0) is 9.41. The van der Waals surface area contributed by atoms with Gasteiger partial charge in [-0.2, -0.15) is 0 Å². The third kappa shape index (κ3) is 1.99. The Morgan fingerprint density at radius 3 is 2.17 bits per heavy atom. The van der Waals surface area contributed by atoms with Crippen molar-refractivity contribution in [2.45, 2.75) is 52.2 Å². The number of rotatable bonds is 3. The Morgan fingerprint density at radius 2 is 1.92 bits per heavy atom. The predicted octanol–water partition coefficient (Wildman–Crippen LogP) is 1.96. The van der Waals surface area contributed by atoms with Gasteiger partial charge in [-0.3, -0.25) is 0 Å². The second-order valence-electron chi connectivity index (χ2n) is 4.79. The third-order valence-corrected chi connectivity index (χ3v) is 2.95. The number of ether oxygens (including phenoxy) is 1. The summed E-state index contributed by atoms with van der Waals surface area (Å²) < 4.78 is 5.14. The van der Waals surface area contributed by atoms with Gasteiger partial charge in [-0.1, -0.05) is 27.7 Å². The highest BCUT2D eigenvalue weighted by Crippen LogP contribution is 2.39. The Bertz CT molecular complexity index is 156. The Balaban J connectivity index is 2.59. The van der Waals surface area contributed by atoms with E-state index in [1.807, 2.05) is 6.92 Å². The summed E-state index contributed by atoms with van der Waals surface area (Å²) in [6.45, 7) is 9.11. The Labute approximate surface area is 74.9 Å². The molecule has 1 fully saturated rings. The molecular weight excluding hydrogens is 152 g/mol. The number of aliphatic hydroxyl groups is 1. The Kier molecular flexibility index (Phi) is 2.50. The molecule has 0 radical (unpaired) electrons. The summed E-state index contributed by atoms with van der Waals surface area (Å²) in [5.41, 5.74) is -0.609. The van der Waals surface area contributed by atoms with Gasteiger partial charge in [0.2, 0.25) is 0 Å². The first-order chi connectivity index (χ1) is 5.39. The summed E-state index contributed by atoms with van der Waals surface area (Å²) >= 11 is 0. The molecule has 0 bridgehead atoms. The molecule has 0 saturated carbocycles. The van der Waals surface area contributed by atoms with E-state index in [-0.39, 0.29) is 5.41 Å². The fraction of sp³-hybridized carbons (Fsp3) is 1.00. The first kappa shape index (κ1) is 10.0. The normalized spacial score (nSPS) is 28.2. The summed E-state index contributed by atoms with van der Waals surface area (Å²) in [5.74, 6) is 0. The molecule has 0 aromatic heterocycles. The monoisotopic (exact) mass is 172 g/mol. The van der Waals surface area contributed by atoms with E-state index >= 15 is 0 Å². The minimum atomic E-state index is -0.561. The van der Waals surface area contributed by atoms with E-state index in [0.29, 0.717) is 6.10 Å². The quantitative estimate of drug-likeness (QED) is 0.660. The summed E-state index contributed by atoms with van der Waals surface area (Å²) in [5, 5.41) is 10.3. The van der Waals surface area contributed by atoms with E-state index < -0.39 is 5.60 Å². The van der Waals surface area contributed by atoms with E-state index in [9.17, 15) is 5.11 Å². The molecule has 0 aliphatic carbocycles. The molecule has 1 aliphatic heterocycles. The highest BCUT2D eigenvalue weighted by molar-refractivity contribution is 4.93. The summed E-state index contributed by atoms with van der Waals surface area (Å²) in [4.78, 5) is 0. The predicted molar refractivity (Wildman–Crippen MR) is 49.1 cm³/mol. The molecule has 2 heteroatoms. The van der Waals surface area contributed by atoms with Gasteiger partial charge in [0, 0.05) is 6.42 Å². The largest absolute Gasteiger partial charge is 0.389 e. The maximum absolute atomic E-state index is 10.3. The van der Waals surface area contributed by atoms with Crippen LogP contribution in [0.25, 0.3) is 0 Å². The number of epoxide rings is 1. The van der Waals surface area contributed by atoms with Crippen molar-refractivity contribution in [3.63, 3.8) is 0 Å². The maximum atomic E-state index is 10.3. The Hall–Kier alpha value is -0.0800. The van der Waals surface area contributed by atoms with E-state index in [2.05, 4.69) is 20.8 Å². The highest BCUT2D eigenvalue weighted by Gasteiger charge is 2.43. The van der Waals surface area contributed by atoms with Gasteiger partial charge in [-0.05, 0) is 11.8 Å². The fourth-order valence-electron chi connectivity index (χ4n) is 1.54. The fourth-order valence-corrected chi connectivity index (χ4v) is 1.54. The highest BCUT2D eigenvalue weighted by atomic mass is 16.6. The van der Waals surface area contributed by atoms with Gasteiger partial charge < -0.3 is 9.84 Å². The lowest BCUT2D eigenvalue weighted by Crippen LogP contribution is -2.43. The molecule has 0 spiro atoms. The molecule has 1 aliphatic rings. The van der Waals surface area contributed by atoms with Crippen LogP contribution in [-0.2, 0) is 4.74 Å². The van der Waals surface area contributed by atoms with Crippen molar-refractivity contribution in [2.75, 3.05) is 6.61 Å². The molecule has 72 valence electrons. The average molecular weight is 172 g/mol. The zero-order valence-corrected chi connectivity index (χ0v) is 8.55. The number of hydrogen-bond acceptors (Lipinski definition) is 2. The van der Waals surface area contributed by atoms with Crippen molar-refractivity contribution in [1.82, 2.24) is 0 Å². The lowest BCUT2D eigenvalue weighted by molar-refractivity contribution is -0.0717. The van der Waals surface area contributed by atoms with Crippen LogP contribution >= 0.6 is 0 Å². The molecule has 12 heavy (non-hydrogen) atoms. The molecule has 0 amide bonds. The van der Waals surface area contributed by atoms with Crippen LogP contribution in [0.15, 0.2) is 0 Å². The molecule has 2 nitrogen and oxygen atoms in total. The average Bonchev–Trinajstić information content (AvgIpc) is 2.69. The summed E-state index contributed by atoms with van der Waals surface area (Å²) in [7, 11) is 0. The van der Waals surface area contributed by atoms with Crippen molar-refractivity contribution < 1.29 is 9.84 Å². The van der Waals surface area contributed by atoms with Crippen LogP contribution in [0.5, 0.6) is 0 Å². The van der Waals surface area contributed by atoms with E-state index in [1.165, 1.54) is 0 Å². The molecule has 0 aromatic carbocycles. The lowest BCUT2D eigenvalue weighted by atomic mass is 9.72. The molecule has 1 N–H and O–H groups in total. The topological polar surface area (TPSA) is 32.8 Å². The maximum Gasteiger partial charge on any atom is 0.0837 e. The van der Waals surface area contributed by atoms with Crippen LogP contribution in [0.1, 0.15) is 40.5 Å². The SMILES string of the molecule is CC[C@](O)(C[C@H]1CO1)C(C)(C)C. The van der Waals surface area contributed by atoms with Crippen molar-refractivity contribution in [3.05, 3.63) is 0 Å². The van der Waals surface area contributed by atoms with Gasteiger partial charge in [0.05, 0.1) is 18.3 Å². The molecular formula is C10H20O2. The van der Waals surface area contributed by atoms with Gasteiger partial charge in [-0.25, -0.2) is 0 Å². The second kappa shape index (κ2) is 3.00.